The van der Waals surface area contributed by atoms with E-state index in [1.54, 1.807) is 0 Å². The molecule has 22 heavy (non-hydrogen) atoms. The van der Waals surface area contributed by atoms with E-state index in [0.29, 0.717) is 4.88 Å². The normalized spacial score (nSPS) is 13.1. The molecule has 0 aliphatic carbocycles. The number of aromatic nitrogens is 2. The first-order chi connectivity index (χ1) is 10.8. The number of nitrogens with zero attached hydrogens (tertiary/aromatic N) is 2. The Morgan fingerprint density at radius 1 is 1.14 bits per heavy atom. The Kier molecular flexibility index (Phi) is 3.48. The van der Waals surface area contributed by atoms with Crippen molar-refractivity contribution in [3.8, 4) is 5.69 Å². The summed E-state index contributed by atoms with van der Waals surface area (Å²) in [6.07, 6.45) is 0. The van der Waals surface area contributed by atoms with Crippen LogP contribution in [-0.4, -0.2) is 15.7 Å². The molecule has 2 aromatic heterocycles. The van der Waals surface area contributed by atoms with Gasteiger partial charge in [-0.25, -0.2) is 4.68 Å². The fourth-order valence-electron chi connectivity index (χ4n) is 2.47. The molecule has 0 bridgehead atoms. The number of hydrogen-bond donors (Lipinski definition) is 1. The lowest BCUT2D eigenvalue weighted by atomic mass is 10.2. The molecule has 6 heteroatoms. The van der Waals surface area contributed by atoms with Gasteiger partial charge in [0.15, 0.2) is 0 Å². The number of nitrogens with one attached hydrogen (secondary N) is 1. The first-order valence-corrected chi connectivity index (χ1v) is 8.95. The molecule has 1 aliphatic rings. The smallest absolute Gasteiger partial charge is 0.266 e. The minimum Gasteiger partial charge on any atom is -0.305 e. The van der Waals surface area contributed by atoms with Gasteiger partial charge in [-0.1, -0.05) is 24.3 Å². The van der Waals surface area contributed by atoms with E-state index >= 15 is 0 Å². The maximum atomic E-state index is 12.4. The van der Waals surface area contributed by atoms with Gasteiger partial charge in [0.05, 0.1) is 16.3 Å². The van der Waals surface area contributed by atoms with Crippen LogP contribution in [0.15, 0.2) is 47.8 Å². The van der Waals surface area contributed by atoms with Crippen LogP contribution in [0, 0.1) is 0 Å². The second kappa shape index (κ2) is 5.62. The molecule has 0 saturated carbocycles. The molecule has 4 nitrogen and oxygen atoms in total. The van der Waals surface area contributed by atoms with Crippen LogP contribution < -0.4 is 5.32 Å². The van der Waals surface area contributed by atoms with Crippen molar-refractivity contribution in [2.75, 3.05) is 5.32 Å². The summed E-state index contributed by atoms with van der Waals surface area (Å²) in [6.45, 7) is 0. The standard InChI is InChI=1S/C16H13N3OS2/c20-16(14-7-4-8-22-14)17-15-12-9-21-10-13(12)18-19(15)11-5-2-1-3-6-11/h1-8H,9-10H2,(H,17,20). The largest absolute Gasteiger partial charge is 0.305 e. The number of anilines is 1. The van der Waals surface area contributed by atoms with E-state index in [4.69, 9.17) is 0 Å². The minimum atomic E-state index is -0.0771. The maximum Gasteiger partial charge on any atom is 0.266 e. The zero-order valence-corrected chi connectivity index (χ0v) is 13.3. The summed E-state index contributed by atoms with van der Waals surface area (Å²) in [5.41, 5.74) is 3.16. The first kappa shape index (κ1) is 13.6. The Hall–Kier alpha value is -2.05. The minimum absolute atomic E-state index is 0.0771. The van der Waals surface area contributed by atoms with Crippen LogP contribution in [0.4, 0.5) is 5.82 Å². The number of thiophene rings is 1. The Labute approximate surface area is 136 Å². The van der Waals surface area contributed by atoms with Crippen molar-refractivity contribution in [2.45, 2.75) is 11.5 Å². The summed E-state index contributed by atoms with van der Waals surface area (Å²) < 4.78 is 1.84. The molecule has 0 unspecified atom stereocenters. The molecule has 0 saturated heterocycles. The monoisotopic (exact) mass is 327 g/mol. The van der Waals surface area contributed by atoms with E-state index in [0.717, 1.165) is 34.3 Å². The van der Waals surface area contributed by atoms with Crippen LogP contribution >= 0.6 is 23.1 Å². The number of carbonyl (C=O) groups is 1. The van der Waals surface area contributed by atoms with Gasteiger partial charge >= 0.3 is 0 Å². The Morgan fingerprint density at radius 2 is 2.00 bits per heavy atom. The zero-order valence-electron chi connectivity index (χ0n) is 11.7. The van der Waals surface area contributed by atoms with Crippen LogP contribution in [0.5, 0.6) is 0 Å². The second-order valence-electron chi connectivity index (χ2n) is 4.95. The topological polar surface area (TPSA) is 46.9 Å². The van der Waals surface area contributed by atoms with Crippen LogP contribution in [0.25, 0.3) is 5.69 Å². The van der Waals surface area contributed by atoms with Gasteiger partial charge in [-0.15, -0.1) is 11.3 Å². The average Bonchev–Trinajstić information content (AvgIpc) is 3.26. The third-order valence-electron chi connectivity index (χ3n) is 3.53. The van der Waals surface area contributed by atoms with Gasteiger partial charge in [0.2, 0.25) is 0 Å². The fourth-order valence-corrected chi connectivity index (χ4v) is 4.13. The number of thioether (sulfide) groups is 1. The predicted molar refractivity (Wildman–Crippen MR) is 90.8 cm³/mol. The predicted octanol–water partition coefficient (Wildman–Crippen LogP) is 3.93. The SMILES string of the molecule is O=C(Nc1c2c(nn1-c1ccccc1)CSC2)c1cccs1. The van der Waals surface area contributed by atoms with Gasteiger partial charge in [-0.3, -0.25) is 4.79 Å². The van der Waals surface area contributed by atoms with Crippen molar-refractivity contribution in [3.63, 3.8) is 0 Å². The van der Waals surface area contributed by atoms with Crippen molar-refractivity contribution >= 4 is 34.8 Å². The molecule has 1 aliphatic heterocycles. The van der Waals surface area contributed by atoms with Crippen LogP contribution in [0.3, 0.4) is 0 Å². The molecule has 1 N–H and O–H groups in total. The molecule has 3 heterocycles. The van der Waals surface area contributed by atoms with E-state index in [9.17, 15) is 4.79 Å². The third kappa shape index (κ3) is 2.34. The highest BCUT2D eigenvalue weighted by Crippen LogP contribution is 2.36. The molecule has 0 fully saturated rings. The molecular weight excluding hydrogens is 314 g/mol. The van der Waals surface area contributed by atoms with Crippen molar-refractivity contribution < 1.29 is 4.79 Å². The molecule has 0 radical (unpaired) electrons. The number of benzene rings is 1. The zero-order chi connectivity index (χ0) is 14.9. The average molecular weight is 327 g/mol. The summed E-state index contributed by atoms with van der Waals surface area (Å²) >= 11 is 3.27. The van der Waals surface area contributed by atoms with Crippen molar-refractivity contribution in [1.29, 1.82) is 0 Å². The molecule has 3 aromatic rings. The fraction of sp³-hybridized carbons (Fsp3) is 0.125. The highest BCUT2D eigenvalue weighted by atomic mass is 32.2. The molecular formula is C16H13N3OS2. The third-order valence-corrected chi connectivity index (χ3v) is 5.37. The van der Waals surface area contributed by atoms with E-state index in [-0.39, 0.29) is 5.91 Å². The molecule has 4 rings (SSSR count). The number of para-hydroxylation sites is 1. The van der Waals surface area contributed by atoms with Gasteiger partial charge in [0, 0.05) is 17.1 Å². The highest BCUT2D eigenvalue weighted by Gasteiger charge is 2.25. The molecule has 0 atom stereocenters. The summed E-state index contributed by atoms with van der Waals surface area (Å²) in [5, 5.41) is 9.64. The van der Waals surface area contributed by atoms with Gasteiger partial charge < -0.3 is 5.32 Å². The Bertz CT molecular complexity index is 810. The summed E-state index contributed by atoms with van der Waals surface area (Å²) in [6, 6.07) is 13.6. The Balaban J connectivity index is 1.76. The first-order valence-electron chi connectivity index (χ1n) is 6.92. The van der Waals surface area contributed by atoms with E-state index in [2.05, 4.69) is 10.4 Å². The van der Waals surface area contributed by atoms with Crippen LogP contribution in [0.1, 0.15) is 20.9 Å². The summed E-state index contributed by atoms with van der Waals surface area (Å²) in [5.74, 6) is 2.51. The van der Waals surface area contributed by atoms with Gasteiger partial charge in [0.25, 0.3) is 5.91 Å². The molecule has 1 amide bonds. The lowest BCUT2D eigenvalue weighted by Crippen LogP contribution is -2.15. The van der Waals surface area contributed by atoms with Crippen molar-refractivity contribution in [1.82, 2.24) is 9.78 Å². The number of fused-ring (bicyclic) bond motifs is 1. The van der Waals surface area contributed by atoms with E-state index in [1.807, 2.05) is 64.3 Å². The van der Waals surface area contributed by atoms with Gasteiger partial charge in [0.1, 0.15) is 5.82 Å². The van der Waals surface area contributed by atoms with E-state index < -0.39 is 0 Å². The van der Waals surface area contributed by atoms with Gasteiger partial charge in [-0.05, 0) is 23.6 Å². The highest BCUT2D eigenvalue weighted by molar-refractivity contribution is 7.98. The quantitative estimate of drug-likeness (QED) is 0.793. The number of hydrogen-bond acceptors (Lipinski definition) is 4. The molecule has 110 valence electrons. The number of rotatable bonds is 3. The van der Waals surface area contributed by atoms with Crippen LogP contribution in [0.2, 0.25) is 0 Å². The van der Waals surface area contributed by atoms with Crippen molar-refractivity contribution in [2.24, 2.45) is 0 Å². The van der Waals surface area contributed by atoms with E-state index in [1.165, 1.54) is 11.3 Å². The lowest BCUT2D eigenvalue weighted by Gasteiger charge is -2.10. The number of carbonyl (C=O) groups excluding carboxylic acids is 1. The van der Waals surface area contributed by atoms with Crippen LogP contribution in [-0.2, 0) is 11.5 Å². The van der Waals surface area contributed by atoms with Gasteiger partial charge in [-0.2, -0.15) is 16.9 Å². The Morgan fingerprint density at radius 3 is 2.77 bits per heavy atom. The molecule has 0 spiro atoms. The summed E-state index contributed by atoms with van der Waals surface area (Å²) in [7, 11) is 0. The molecule has 1 aromatic carbocycles. The summed E-state index contributed by atoms with van der Waals surface area (Å²) in [4.78, 5) is 13.1. The second-order valence-corrected chi connectivity index (χ2v) is 6.88. The maximum absolute atomic E-state index is 12.4. The number of amides is 1. The lowest BCUT2D eigenvalue weighted by molar-refractivity contribution is 0.102. The van der Waals surface area contributed by atoms with Crippen molar-refractivity contribution in [3.05, 3.63) is 64.0 Å².